The van der Waals surface area contributed by atoms with Gasteiger partial charge in [-0.3, -0.25) is 14.4 Å². The van der Waals surface area contributed by atoms with Crippen molar-refractivity contribution >= 4 is 23.5 Å². The standard InChI is InChI=1S/C26H36N4O6/c1-8-15-30(22(32)14-13-21(31)27-20-16-17(3)36-29-20)23(25(33)28-26(4,5)9-2)18-11-10-12-19(34-6)24(18)35-7/h8,10-12,16,23H,1,9,13-15H2,2-7H3,(H,28,33)(H,27,29,31)/t23-/m0/s1. The number of ether oxygens (including phenoxy) is 2. The molecule has 10 nitrogen and oxygen atoms in total. The molecule has 2 aromatic rings. The lowest BCUT2D eigenvalue weighted by molar-refractivity contribution is -0.141. The highest BCUT2D eigenvalue weighted by Crippen LogP contribution is 2.37. The van der Waals surface area contributed by atoms with Crippen LogP contribution in [0, 0.1) is 6.92 Å². The maximum Gasteiger partial charge on any atom is 0.248 e. The van der Waals surface area contributed by atoms with E-state index in [1.54, 1.807) is 31.2 Å². The molecule has 3 amide bonds. The Morgan fingerprint density at radius 3 is 2.50 bits per heavy atom. The first-order chi connectivity index (χ1) is 17.1. The number of amides is 3. The molecule has 0 saturated heterocycles. The fraction of sp³-hybridized carbons (Fsp3) is 0.462. The lowest BCUT2D eigenvalue weighted by Crippen LogP contribution is -2.50. The Morgan fingerprint density at radius 2 is 1.94 bits per heavy atom. The monoisotopic (exact) mass is 500 g/mol. The molecular formula is C26H36N4O6. The first kappa shape index (κ1) is 28.4. The van der Waals surface area contributed by atoms with Crippen molar-refractivity contribution in [2.75, 3.05) is 26.1 Å². The van der Waals surface area contributed by atoms with E-state index in [0.29, 0.717) is 29.2 Å². The van der Waals surface area contributed by atoms with Crippen LogP contribution in [0.3, 0.4) is 0 Å². The molecule has 1 heterocycles. The lowest BCUT2D eigenvalue weighted by atomic mass is 9.97. The maximum absolute atomic E-state index is 13.7. The number of methoxy groups -OCH3 is 2. The molecule has 196 valence electrons. The van der Waals surface area contributed by atoms with Crippen LogP contribution in [0.2, 0.25) is 0 Å². The van der Waals surface area contributed by atoms with Gasteiger partial charge in [0.1, 0.15) is 11.8 Å². The second-order valence-corrected chi connectivity index (χ2v) is 8.92. The number of nitrogens with zero attached hydrogens (tertiary/aromatic N) is 2. The van der Waals surface area contributed by atoms with E-state index < -0.39 is 23.4 Å². The highest BCUT2D eigenvalue weighted by molar-refractivity contribution is 5.94. The summed E-state index contributed by atoms with van der Waals surface area (Å²) in [7, 11) is 2.97. The lowest BCUT2D eigenvalue weighted by Gasteiger charge is -2.34. The van der Waals surface area contributed by atoms with Gasteiger partial charge < -0.3 is 29.5 Å². The van der Waals surface area contributed by atoms with Crippen LogP contribution in [-0.4, -0.2) is 54.1 Å². The summed E-state index contributed by atoms with van der Waals surface area (Å²) >= 11 is 0. The number of carbonyl (C=O) groups excluding carboxylic acids is 3. The number of carbonyl (C=O) groups is 3. The summed E-state index contributed by atoms with van der Waals surface area (Å²) in [5, 5.41) is 9.34. The minimum Gasteiger partial charge on any atom is -0.493 e. The first-order valence-electron chi connectivity index (χ1n) is 11.7. The Labute approximate surface area is 212 Å². The van der Waals surface area contributed by atoms with E-state index in [1.165, 1.54) is 25.2 Å². The van der Waals surface area contributed by atoms with Crippen molar-refractivity contribution in [1.82, 2.24) is 15.4 Å². The topological polar surface area (TPSA) is 123 Å². The minimum atomic E-state index is -1.05. The van der Waals surface area contributed by atoms with Gasteiger partial charge in [0, 0.05) is 36.6 Å². The molecule has 0 radical (unpaired) electrons. The van der Waals surface area contributed by atoms with Gasteiger partial charge >= 0.3 is 0 Å². The summed E-state index contributed by atoms with van der Waals surface area (Å²) < 4.78 is 15.9. The van der Waals surface area contributed by atoms with Crippen LogP contribution in [0.1, 0.15) is 57.4 Å². The zero-order valence-corrected chi connectivity index (χ0v) is 21.8. The van der Waals surface area contributed by atoms with Crippen LogP contribution >= 0.6 is 0 Å². The molecule has 0 aliphatic heterocycles. The molecule has 0 saturated carbocycles. The third-order valence-electron chi connectivity index (χ3n) is 5.74. The van der Waals surface area contributed by atoms with E-state index in [2.05, 4.69) is 22.4 Å². The van der Waals surface area contributed by atoms with Gasteiger partial charge in [-0.25, -0.2) is 0 Å². The van der Waals surface area contributed by atoms with Crippen molar-refractivity contribution in [3.8, 4) is 11.5 Å². The van der Waals surface area contributed by atoms with E-state index in [1.807, 2.05) is 20.8 Å². The average Bonchev–Trinajstić information content (AvgIpc) is 3.25. The Bertz CT molecular complexity index is 1080. The number of anilines is 1. The van der Waals surface area contributed by atoms with E-state index >= 15 is 0 Å². The summed E-state index contributed by atoms with van der Waals surface area (Å²) in [5.74, 6) is 0.406. The van der Waals surface area contributed by atoms with E-state index in [4.69, 9.17) is 14.0 Å². The van der Waals surface area contributed by atoms with E-state index in [0.717, 1.165) is 0 Å². The van der Waals surface area contributed by atoms with E-state index in [9.17, 15) is 14.4 Å². The zero-order chi connectivity index (χ0) is 26.9. The molecule has 2 rings (SSSR count). The Hall–Kier alpha value is -3.82. The fourth-order valence-electron chi connectivity index (χ4n) is 3.55. The summed E-state index contributed by atoms with van der Waals surface area (Å²) in [6.07, 6.45) is 1.97. The molecular weight excluding hydrogens is 464 g/mol. The molecule has 0 unspecified atom stereocenters. The number of nitrogens with one attached hydrogen (secondary N) is 2. The van der Waals surface area contributed by atoms with Gasteiger partial charge in [0.15, 0.2) is 17.3 Å². The van der Waals surface area contributed by atoms with Crippen LogP contribution in [-0.2, 0) is 14.4 Å². The van der Waals surface area contributed by atoms with Crippen molar-refractivity contribution < 1.29 is 28.4 Å². The molecule has 10 heteroatoms. The van der Waals surface area contributed by atoms with Gasteiger partial charge in [-0.1, -0.05) is 30.3 Å². The third kappa shape index (κ3) is 7.34. The van der Waals surface area contributed by atoms with E-state index in [-0.39, 0.29) is 31.1 Å². The molecule has 0 aliphatic rings. The number of benzene rings is 1. The normalized spacial score (nSPS) is 11.8. The van der Waals surface area contributed by atoms with Gasteiger partial charge in [-0.2, -0.15) is 0 Å². The van der Waals surface area contributed by atoms with Gasteiger partial charge in [0.2, 0.25) is 17.7 Å². The summed E-state index contributed by atoms with van der Waals surface area (Å²) in [6, 6.07) is 5.68. The number of para-hydroxylation sites is 1. The summed E-state index contributed by atoms with van der Waals surface area (Å²) in [4.78, 5) is 40.8. The first-order valence-corrected chi connectivity index (χ1v) is 11.7. The molecule has 0 spiro atoms. The Balaban J connectivity index is 2.38. The molecule has 0 aliphatic carbocycles. The number of aryl methyl sites for hydroxylation is 1. The van der Waals surface area contributed by atoms with Crippen molar-refractivity contribution in [3.63, 3.8) is 0 Å². The number of rotatable bonds is 13. The second-order valence-electron chi connectivity index (χ2n) is 8.92. The quantitative estimate of drug-likeness (QED) is 0.401. The van der Waals surface area contributed by atoms with Gasteiger partial charge in [-0.05, 0) is 33.3 Å². The van der Waals surface area contributed by atoms with Crippen LogP contribution in [0.15, 0.2) is 41.4 Å². The maximum atomic E-state index is 13.7. The smallest absolute Gasteiger partial charge is 0.248 e. The molecule has 36 heavy (non-hydrogen) atoms. The molecule has 1 aromatic carbocycles. The molecule has 1 atom stereocenters. The summed E-state index contributed by atoms with van der Waals surface area (Å²) in [6.45, 7) is 11.3. The molecule has 1 aromatic heterocycles. The molecule has 2 N–H and O–H groups in total. The predicted molar refractivity (Wildman–Crippen MR) is 136 cm³/mol. The molecule has 0 fully saturated rings. The molecule has 0 bridgehead atoms. The summed E-state index contributed by atoms with van der Waals surface area (Å²) in [5.41, 5.74) is -0.0566. The van der Waals surface area contributed by atoms with Crippen molar-refractivity contribution in [3.05, 3.63) is 48.2 Å². The van der Waals surface area contributed by atoms with Gasteiger partial charge in [-0.15, -0.1) is 6.58 Å². The largest absolute Gasteiger partial charge is 0.493 e. The third-order valence-corrected chi connectivity index (χ3v) is 5.74. The fourth-order valence-corrected chi connectivity index (χ4v) is 3.55. The van der Waals surface area contributed by atoms with Crippen molar-refractivity contribution in [2.24, 2.45) is 0 Å². The van der Waals surface area contributed by atoms with Gasteiger partial charge in [0.25, 0.3) is 0 Å². The number of hydrogen-bond donors (Lipinski definition) is 2. The van der Waals surface area contributed by atoms with Gasteiger partial charge in [0.05, 0.1) is 14.2 Å². The van der Waals surface area contributed by atoms with Crippen LogP contribution in [0.5, 0.6) is 11.5 Å². The number of aromatic nitrogens is 1. The van der Waals surface area contributed by atoms with Crippen LogP contribution in [0.4, 0.5) is 5.82 Å². The van der Waals surface area contributed by atoms with Crippen LogP contribution in [0.25, 0.3) is 0 Å². The second kappa shape index (κ2) is 12.8. The van der Waals surface area contributed by atoms with Crippen molar-refractivity contribution in [1.29, 1.82) is 0 Å². The average molecular weight is 501 g/mol. The highest BCUT2D eigenvalue weighted by atomic mass is 16.5. The number of hydrogen-bond acceptors (Lipinski definition) is 7. The predicted octanol–water partition coefficient (Wildman–Crippen LogP) is 3.78. The van der Waals surface area contributed by atoms with Crippen LogP contribution < -0.4 is 20.1 Å². The highest BCUT2D eigenvalue weighted by Gasteiger charge is 2.36. The SMILES string of the molecule is C=CCN(C(=O)CCC(=O)Nc1cc(C)on1)[C@H](C(=O)NC(C)(C)CC)c1cccc(OC)c1OC. The minimum absolute atomic E-state index is 0.0773. The Kier molecular flexibility index (Phi) is 10.1. The Morgan fingerprint density at radius 1 is 1.22 bits per heavy atom. The van der Waals surface area contributed by atoms with Crippen molar-refractivity contribution in [2.45, 2.75) is 58.5 Å². The zero-order valence-electron chi connectivity index (χ0n) is 21.8.